The van der Waals surface area contributed by atoms with E-state index in [1.807, 2.05) is 4.90 Å². The molecule has 1 aliphatic heterocycles. The smallest absolute Gasteiger partial charge is 0.352 e. The van der Waals surface area contributed by atoms with E-state index >= 15 is 0 Å². The zero-order chi connectivity index (χ0) is 15.1. The van der Waals surface area contributed by atoms with Crippen LogP contribution in [-0.2, 0) is 0 Å². The summed E-state index contributed by atoms with van der Waals surface area (Å²) in [5.74, 6) is -1.07. The molecule has 0 aromatic carbocycles. The quantitative estimate of drug-likeness (QED) is 0.878. The van der Waals surface area contributed by atoms with Crippen molar-refractivity contribution in [1.82, 2.24) is 14.8 Å². The standard InChI is InChI=1S/C15H21N3O3/c1-9-12(10(2)16-13(9)15(20)21)14(19)18-7-5-17(6-8-18)11-3-4-11/h11,16H,3-8H2,1-2H3,(H,20,21). The maximum Gasteiger partial charge on any atom is 0.352 e. The monoisotopic (exact) mass is 291 g/mol. The fraction of sp³-hybridized carbons (Fsp3) is 0.600. The van der Waals surface area contributed by atoms with Crippen molar-refractivity contribution in [3.8, 4) is 0 Å². The fourth-order valence-electron chi connectivity index (χ4n) is 3.17. The van der Waals surface area contributed by atoms with Gasteiger partial charge in [0.05, 0.1) is 5.56 Å². The van der Waals surface area contributed by atoms with Crippen LogP contribution in [0.1, 0.15) is 44.9 Å². The van der Waals surface area contributed by atoms with E-state index in [1.165, 1.54) is 12.8 Å². The second-order valence-electron chi connectivity index (χ2n) is 5.99. The molecule has 21 heavy (non-hydrogen) atoms. The van der Waals surface area contributed by atoms with Gasteiger partial charge in [-0.05, 0) is 32.3 Å². The Bertz CT molecular complexity index is 581. The van der Waals surface area contributed by atoms with Crippen molar-refractivity contribution >= 4 is 11.9 Å². The van der Waals surface area contributed by atoms with Crippen LogP contribution in [0.5, 0.6) is 0 Å². The van der Waals surface area contributed by atoms with Gasteiger partial charge in [0, 0.05) is 37.9 Å². The summed E-state index contributed by atoms with van der Waals surface area (Å²) in [5, 5.41) is 9.14. The number of nitrogens with zero attached hydrogens (tertiary/aromatic N) is 2. The largest absolute Gasteiger partial charge is 0.477 e. The van der Waals surface area contributed by atoms with Crippen molar-refractivity contribution in [1.29, 1.82) is 0 Å². The molecule has 0 atom stereocenters. The summed E-state index contributed by atoms with van der Waals surface area (Å²) < 4.78 is 0. The maximum absolute atomic E-state index is 12.7. The zero-order valence-corrected chi connectivity index (χ0v) is 12.5. The van der Waals surface area contributed by atoms with Crippen molar-refractivity contribution in [3.05, 3.63) is 22.5 Å². The topological polar surface area (TPSA) is 76.6 Å². The lowest BCUT2D eigenvalue weighted by molar-refractivity contribution is 0.0626. The van der Waals surface area contributed by atoms with Gasteiger partial charge in [-0.25, -0.2) is 4.79 Å². The number of aromatic carboxylic acids is 1. The first-order valence-electron chi connectivity index (χ1n) is 7.45. The summed E-state index contributed by atoms with van der Waals surface area (Å²) in [5.41, 5.74) is 1.81. The number of aryl methyl sites for hydroxylation is 1. The van der Waals surface area contributed by atoms with E-state index in [4.69, 9.17) is 5.11 Å². The molecule has 1 aromatic heterocycles. The highest BCUT2D eigenvalue weighted by atomic mass is 16.4. The number of carbonyl (C=O) groups excluding carboxylic acids is 1. The first-order valence-corrected chi connectivity index (χ1v) is 7.45. The van der Waals surface area contributed by atoms with E-state index in [2.05, 4.69) is 9.88 Å². The molecule has 1 saturated heterocycles. The Balaban J connectivity index is 1.75. The van der Waals surface area contributed by atoms with Gasteiger partial charge in [-0.15, -0.1) is 0 Å². The van der Waals surface area contributed by atoms with Gasteiger partial charge < -0.3 is 15.0 Å². The van der Waals surface area contributed by atoms with Crippen LogP contribution in [0.2, 0.25) is 0 Å². The number of nitrogens with one attached hydrogen (secondary N) is 1. The van der Waals surface area contributed by atoms with Gasteiger partial charge in [-0.2, -0.15) is 0 Å². The predicted molar refractivity (Wildman–Crippen MR) is 77.7 cm³/mol. The van der Waals surface area contributed by atoms with Gasteiger partial charge in [0.25, 0.3) is 5.91 Å². The molecule has 2 heterocycles. The van der Waals surface area contributed by atoms with Gasteiger partial charge in [-0.3, -0.25) is 9.69 Å². The normalized spacial score (nSPS) is 19.8. The molecular weight excluding hydrogens is 270 g/mol. The molecule has 2 fully saturated rings. The average Bonchev–Trinajstić information content (AvgIpc) is 3.25. The van der Waals surface area contributed by atoms with Crippen molar-refractivity contribution in [2.75, 3.05) is 26.2 Å². The number of hydrogen-bond donors (Lipinski definition) is 2. The Labute approximate surface area is 123 Å². The van der Waals surface area contributed by atoms with Crippen LogP contribution in [-0.4, -0.2) is 64.0 Å². The third-order valence-corrected chi connectivity index (χ3v) is 4.53. The number of rotatable bonds is 3. The molecule has 2 aliphatic rings. The number of piperazine rings is 1. The minimum absolute atomic E-state index is 0.0517. The Morgan fingerprint density at radius 1 is 1.14 bits per heavy atom. The molecular formula is C15H21N3O3. The number of aromatic amines is 1. The fourth-order valence-corrected chi connectivity index (χ4v) is 3.17. The predicted octanol–water partition coefficient (Wildman–Crippen LogP) is 1.25. The second kappa shape index (κ2) is 5.18. The SMILES string of the molecule is Cc1[nH]c(C(=O)O)c(C)c1C(=O)N1CCN(C2CC2)CC1. The number of aromatic nitrogens is 1. The first-order chi connectivity index (χ1) is 9.99. The summed E-state index contributed by atoms with van der Waals surface area (Å²) in [4.78, 5) is 30.9. The molecule has 114 valence electrons. The highest BCUT2D eigenvalue weighted by Gasteiger charge is 2.33. The minimum atomic E-state index is -1.02. The van der Waals surface area contributed by atoms with Crippen molar-refractivity contribution in [3.63, 3.8) is 0 Å². The molecule has 2 N–H and O–H groups in total. The van der Waals surface area contributed by atoms with Crippen molar-refractivity contribution in [2.24, 2.45) is 0 Å². The third-order valence-electron chi connectivity index (χ3n) is 4.53. The Morgan fingerprint density at radius 2 is 1.76 bits per heavy atom. The van der Waals surface area contributed by atoms with E-state index in [1.54, 1.807) is 13.8 Å². The number of amides is 1. The van der Waals surface area contributed by atoms with Gasteiger partial charge >= 0.3 is 5.97 Å². The van der Waals surface area contributed by atoms with Crippen LogP contribution in [0.25, 0.3) is 0 Å². The number of carboxylic acid groups (broad SMARTS) is 1. The van der Waals surface area contributed by atoms with Gasteiger partial charge in [-0.1, -0.05) is 0 Å². The number of hydrogen-bond acceptors (Lipinski definition) is 3. The summed E-state index contributed by atoms with van der Waals surface area (Å²) >= 11 is 0. The molecule has 6 heteroatoms. The van der Waals surface area contributed by atoms with Crippen molar-refractivity contribution in [2.45, 2.75) is 32.7 Å². The second-order valence-corrected chi connectivity index (χ2v) is 5.99. The number of carboxylic acids is 1. The molecule has 0 spiro atoms. The van der Waals surface area contributed by atoms with Crippen LogP contribution in [0, 0.1) is 13.8 Å². The Hall–Kier alpha value is -1.82. The van der Waals surface area contributed by atoms with E-state index in [0.717, 1.165) is 32.2 Å². The summed E-state index contributed by atoms with van der Waals surface area (Å²) in [6.07, 6.45) is 2.57. The lowest BCUT2D eigenvalue weighted by atomic mass is 10.1. The van der Waals surface area contributed by atoms with E-state index in [0.29, 0.717) is 16.8 Å². The van der Waals surface area contributed by atoms with Gasteiger partial charge in [0.2, 0.25) is 0 Å². The average molecular weight is 291 g/mol. The van der Waals surface area contributed by atoms with Gasteiger partial charge in [0.15, 0.2) is 0 Å². The Morgan fingerprint density at radius 3 is 2.24 bits per heavy atom. The van der Waals surface area contributed by atoms with E-state index in [9.17, 15) is 9.59 Å². The third kappa shape index (κ3) is 2.55. The Kier molecular flexibility index (Phi) is 3.49. The number of carbonyl (C=O) groups is 2. The molecule has 1 amide bonds. The molecule has 0 unspecified atom stereocenters. The van der Waals surface area contributed by atoms with Crippen LogP contribution in [0.3, 0.4) is 0 Å². The van der Waals surface area contributed by atoms with Crippen LogP contribution >= 0.6 is 0 Å². The summed E-state index contributed by atoms with van der Waals surface area (Å²) in [6.45, 7) is 6.74. The molecule has 3 rings (SSSR count). The van der Waals surface area contributed by atoms with Crippen LogP contribution in [0.4, 0.5) is 0 Å². The maximum atomic E-state index is 12.7. The number of H-pyrrole nitrogens is 1. The van der Waals surface area contributed by atoms with Crippen LogP contribution < -0.4 is 0 Å². The molecule has 1 saturated carbocycles. The molecule has 0 bridgehead atoms. The van der Waals surface area contributed by atoms with Gasteiger partial charge in [0.1, 0.15) is 5.69 Å². The molecule has 0 radical (unpaired) electrons. The summed E-state index contributed by atoms with van der Waals surface area (Å²) in [7, 11) is 0. The van der Waals surface area contributed by atoms with Crippen LogP contribution in [0.15, 0.2) is 0 Å². The minimum Gasteiger partial charge on any atom is -0.477 e. The lowest BCUT2D eigenvalue weighted by Crippen LogP contribution is -2.49. The molecule has 1 aliphatic carbocycles. The zero-order valence-electron chi connectivity index (χ0n) is 12.5. The van der Waals surface area contributed by atoms with Crippen molar-refractivity contribution < 1.29 is 14.7 Å². The molecule has 1 aromatic rings. The highest BCUT2D eigenvalue weighted by Crippen LogP contribution is 2.28. The first kappa shape index (κ1) is 14.1. The van der Waals surface area contributed by atoms with E-state index in [-0.39, 0.29) is 11.6 Å². The van der Waals surface area contributed by atoms with E-state index < -0.39 is 5.97 Å². The molecule has 6 nitrogen and oxygen atoms in total. The highest BCUT2D eigenvalue weighted by molar-refractivity contribution is 6.00. The summed E-state index contributed by atoms with van der Waals surface area (Å²) in [6, 6.07) is 0.733. The lowest BCUT2D eigenvalue weighted by Gasteiger charge is -2.35.